The molecule has 25 heavy (non-hydrogen) atoms. The van der Waals surface area contributed by atoms with Crippen molar-refractivity contribution in [2.24, 2.45) is 11.8 Å². The van der Waals surface area contributed by atoms with Gasteiger partial charge in [-0.05, 0) is 30.7 Å². The molecule has 0 spiro atoms. The molecular formula is C19H25N3O3. The first-order chi connectivity index (χ1) is 11.8. The number of nitrogens with zero attached hydrogens (tertiary/aromatic N) is 2. The molecule has 0 aliphatic carbocycles. The molecule has 1 aromatic rings. The third-order valence-electron chi connectivity index (χ3n) is 5.14. The molecule has 4 amide bonds. The van der Waals surface area contributed by atoms with Crippen LogP contribution in [0.1, 0.15) is 32.8 Å². The van der Waals surface area contributed by atoms with Gasteiger partial charge >= 0.3 is 6.03 Å². The number of imide groups is 1. The normalized spacial score (nSPS) is 29.7. The molecule has 0 saturated carbocycles. The zero-order valence-corrected chi connectivity index (χ0v) is 15.0. The van der Waals surface area contributed by atoms with E-state index in [9.17, 15) is 14.4 Å². The van der Waals surface area contributed by atoms with Crippen LogP contribution in [0.2, 0.25) is 0 Å². The van der Waals surface area contributed by atoms with E-state index < -0.39 is 11.6 Å². The van der Waals surface area contributed by atoms with Crippen LogP contribution in [0.15, 0.2) is 30.3 Å². The van der Waals surface area contributed by atoms with Crippen LogP contribution < -0.4 is 5.32 Å². The summed E-state index contributed by atoms with van der Waals surface area (Å²) in [6.45, 7) is 7.09. The molecule has 2 heterocycles. The highest BCUT2D eigenvalue weighted by atomic mass is 16.2. The van der Waals surface area contributed by atoms with Crippen molar-refractivity contribution in [3.05, 3.63) is 35.9 Å². The van der Waals surface area contributed by atoms with E-state index in [0.717, 1.165) is 11.3 Å². The topological polar surface area (TPSA) is 69.7 Å². The quantitative estimate of drug-likeness (QED) is 0.853. The van der Waals surface area contributed by atoms with Gasteiger partial charge in [-0.3, -0.25) is 14.5 Å². The molecule has 0 radical (unpaired) electrons. The maximum absolute atomic E-state index is 12.9. The van der Waals surface area contributed by atoms with Gasteiger partial charge in [0, 0.05) is 13.1 Å². The zero-order chi connectivity index (χ0) is 18.2. The van der Waals surface area contributed by atoms with Gasteiger partial charge in [-0.2, -0.15) is 0 Å². The van der Waals surface area contributed by atoms with Crippen LogP contribution in [0.3, 0.4) is 0 Å². The number of rotatable bonds is 3. The minimum Gasteiger partial charge on any atom is -0.341 e. The smallest absolute Gasteiger partial charge is 0.325 e. The fourth-order valence-electron chi connectivity index (χ4n) is 3.91. The Hall–Kier alpha value is -2.37. The summed E-state index contributed by atoms with van der Waals surface area (Å²) in [4.78, 5) is 40.7. The van der Waals surface area contributed by atoms with Crippen LogP contribution in [-0.4, -0.2) is 47.3 Å². The molecular weight excluding hydrogens is 318 g/mol. The summed E-state index contributed by atoms with van der Waals surface area (Å²) in [6, 6.07) is 8.60. The predicted molar refractivity (Wildman–Crippen MR) is 93.6 cm³/mol. The van der Waals surface area contributed by atoms with Gasteiger partial charge in [-0.15, -0.1) is 0 Å². The third kappa shape index (κ3) is 3.25. The molecule has 3 atom stereocenters. The minimum atomic E-state index is -1.12. The van der Waals surface area contributed by atoms with Crippen LogP contribution in [0.5, 0.6) is 0 Å². The molecule has 0 aromatic heterocycles. The number of hydrogen-bond donors (Lipinski definition) is 1. The number of urea groups is 1. The van der Waals surface area contributed by atoms with Gasteiger partial charge in [-0.25, -0.2) is 4.79 Å². The van der Waals surface area contributed by atoms with Gasteiger partial charge in [0.1, 0.15) is 12.1 Å². The first-order valence-corrected chi connectivity index (χ1v) is 8.78. The Morgan fingerprint density at radius 3 is 2.36 bits per heavy atom. The lowest BCUT2D eigenvalue weighted by Gasteiger charge is -2.35. The number of carbonyl (C=O) groups is 3. The highest BCUT2D eigenvalue weighted by Crippen LogP contribution is 2.29. The zero-order valence-electron chi connectivity index (χ0n) is 15.0. The second-order valence-electron chi connectivity index (χ2n) is 7.56. The predicted octanol–water partition coefficient (Wildman–Crippen LogP) is 1.96. The van der Waals surface area contributed by atoms with Crippen molar-refractivity contribution in [1.82, 2.24) is 15.1 Å². The molecule has 134 valence electrons. The lowest BCUT2D eigenvalue weighted by atomic mass is 9.91. The first kappa shape index (κ1) is 17.5. The van der Waals surface area contributed by atoms with Gasteiger partial charge in [0.05, 0.1) is 0 Å². The second kappa shape index (κ2) is 6.50. The monoisotopic (exact) mass is 343 g/mol. The van der Waals surface area contributed by atoms with E-state index in [0.29, 0.717) is 30.5 Å². The summed E-state index contributed by atoms with van der Waals surface area (Å²) in [5, 5.41) is 2.74. The van der Waals surface area contributed by atoms with Crippen molar-refractivity contribution < 1.29 is 14.4 Å². The average Bonchev–Trinajstić information content (AvgIpc) is 2.79. The van der Waals surface area contributed by atoms with Gasteiger partial charge < -0.3 is 10.2 Å². The molecule has 0 bridgehead atoms. The van der Waals surface area contributed by atoms with E-state index in [-0.39, 0.29) is 18.4 Å². The van der Waals surface area contributed by atoms with Crippen molar-refractivity contribution in [3.63, 3.8) is 0 Å². The van der Waals surface area contributed by atoms with E-state index in [1.807, 2.05) is 18.2 Å². The highest BCUT2D eigenvalue weighted by molar-refractivity contribution is 6.09. The molecule has 2 aliphatic rings. The first-order valence-electron chi connectivity index (χ1n) is 8.78. The van der Waals surface area contributed by atoms with Crippen molar-refractivity contribution in [3.8, 4) is 0 Å². The number of benzene rings is 1. The Labute approximate surface area is 148 Å². The van der Waals surface area contributed by atoms with Gasteiger partial charge in [-0.1, -0.05) is 44.2 Å². The van der Waals surface area contributed by atoms with Crippen LogP contribution in [-0.2, 0) is 15.1 Å². The lowest BCUT2D eigenvalue weighted by Crippen LogP contribution is -2.48. The Morgan fingerprint density at radius 1 is 1.16 bits per heavy atom. The summed E-state index contributed by atoms with van der Waals surface area (Å²) in [7, 11) is 0. The number of piperidine rings is 1. The molecule has 2 fully saturated rings. The number of hydrogen-bond acceptors (Lipinski definition) is 3. The number of nitrogens with one attached hydrogen (secondary N) is 1. The molecule has 1 aromatic carbocycles. The maximum atomic E-state index is 12.9. The van der Waals surface area contributed by atoms with E-state index >= 15 is 0 Å². The number of likely N-dealkylation sites (tertiary alicyclic amines) is 1. The molecule has 1 N–H and O–H groups in total. The van der Waals surface area contributed by atoms with Gasteiger partial charge in [0.25, 0.3) is 5.91 Å². The van der Waals surface area contributed by atoms with Crippen molar-refractivity contribution in [2.45, 2.75) is 32.7 Å². The van der Waals surface area contributed by atoms with Crippen molar-refractivity contribution in [2.75, 3.05) is 19.6 Å². The second-order valence-corrected chi connectivity index (χ2v) is 7.56. The highest BCUT2D eigenvalue weighted by Gasteiger charge is 2.49. The Morgan fingerprint density at radius 2 is 1.76 bits per heavy atom. The van der Waals surface area contributed by atoms with Crippen LogP contribution in [0.25, 0.3) is 0 Å². The fraction of sp³-hybridized carbons (Fsp3) is 0.526. The van der Waals surface area contributed by atoms with Gasteiger partial charge in [0.2, 0.25) is 5.91 Å². The average molecular weight is 343 g/mol. The maximum Gasteiger partial charge on any atom is 0.325 e. The standard InChI is InChI=1S/C19H25N3O3/c1-13-9-14(2)11-21(10-13)16(23)12-22-17(24)19(3,20-18(22)25)15-7-5-4-6-8-15/h4-8,13-14H,9-12H2,1-3H3,(H,20,25)/t13-,14-,19-/m1/s1. The van der Waals surface area contributed by atoms with Crippen LogP contribution >= 0.6 is 0 Å². The van der Waals surface area contributed by atoms with E-state index in [1.54, 1.807) is 24.0 Å². The number of carbonyl (C=O) groups excluding carboxylic acids is 3. The summed E-state index contributed by atoms with van der Waals surface area (Å²) in [6.07, 6.45) is 1.10. The minimum absolute atomic E-state index is 0.167. The molecule has 3 rings (SSSR count). The molecule has 0 unspecified atom stereocenters. The van der Waals surface area contributed by atoms with Crippen LogP contribution in [0.4, 0.5) is 4.79 Å². The molecule has 6 nitrogen and oxygen atoms in total. The van der Waals surface area contributed by atoms with E-state index in [4.69, 9.17) is 0 Å². The molecule has 6 heteroatoms. The van der Waals surface area contributed by atoms with Crippen molar-refractivity contribution >= 4 is 17.8 Å². The van der Waals surface area contributed by atoms with E-state index in [2.05, 4.69) is 19.2 Å². The molecule has 2 aliphatic heterocycles. The summed E-state index contributed by atoms with van der Waals surface area (Å²) < 4.78 is 0. The molecule has 2 saturated heterocycles. The third-order valence-corrected chi connectivity index (χ3v) is 5.14. The lowest BCUT2D eigenvalue weighted by molar-refractivity contribution is -0.140. The largest absolute Gasteiger partial charge is 0.341 e. The summed E-state index contributed by atoms with van der Waals surface area (Å²) in [5.41, 5.74) is -0.412. The Balaban J connectivity index is 1.74. The fourth-order valence-corrected chi connectivity index (χ4v) is 3.91. The van der Waals surface area contributed by atoms with Crippen LogP contribution in [0, 0.1) is 11.8 Å². The summed E-state index contributed by atoms with van der Waals surface area (Å²) >= 11 is 0. The Bertz CT molecular complexity index is 680. The van der Waals surface area contributed by atoms with E-state index in [1.165, 1.54) is 0 Å². The number of amides is 4. The summed E-state index contributed by atoms with van der Waals surface area (Å²) in [5.74, 6) is 0.324. The SMILES string of the molecule is C[C@@H]1C[C@@H](C)CN(C(=O)CN2C(=O)N[C@](C)(c3ccccc3)C2=O)C1. The Kier molecular flexibility index (Phi) is 4.54. The van der Waals surface area contributed by atoms with Crippen molar-refractivity contribution in [1.29, 1.82) is 0 Å². The van der Waals surface area contributed by atoms with Gasteiger partial charge in [0.15, 0.2) is 0 Å².